The number of fused-ring (bicyclic) bond motifs is 2. The molecule has 0 spiro atoms. The van der Waals surface area contributed by atoms with Crippen molar-refractivity contribution in [1.82, 2.24) is 4.90 Å². The Bertz CT molecular complexity index is 981. The number of halogens is 5. The Hall–Kier alpha value is -2.88. The second-order valence-corrected chi connectivity index (χ2v) is 8.89. The van der Waals surface area contributed by atoms with Gasteiger partial charge in [-0.2, -0.15) is 22.0 Å². The highest BCUT2D eigenvalue weighted by atomic mass is 19.4. The average Bonchev–Trinajstić information content (AvgIpc) is 3.00. The molecule has 2 N–H and O–H groups in total. The van der Waals surface area contributed by atoms with E-state index < -0.39 is 24.7 Å². The number of ether oxygens (including phenoxy) is 1. The molecule has 2 bridgehead atoms. The van der Waals surface area contributed by atoms with Gasteiger partial charge < -0.3 is 15.2 Å². The third kappa shape index (κ3) is 5.43. The molecule has 34 heavy (non-hydrogen) atoms. The molecular weight excluding hydrogens is 459 g/mol. The van der Waals surface area contributed by atoms with Gasteiger partial charge in [-0.15, -0.1) is 0 Å². The van der Waals surface area contributed by atoms with Crippen molar-refractivity contribution < 1.29 is 36.6 Å². The minimum Gasteiger partial charge on any atom is -0.487 e. The predicted molar refractivity (Wildman–Crippen MR) is 115 cm³/mol. The predicted octanol–water partition coefficient (Wildman–Crippen LogP) is 5.57. The van der Waals surface area contributed by atoms with E-state index in [4.69, 9.17) is 5.11 Å². The molecule has 0 saturated carbocycles. The molecular formula is C24H25F5N2O3. The quantitative estimate of drug-likeness (QED) is 0.480. The molecule has 2 aliphatic rings. The van der Waals surface area contributed by atoms with Crippen LogP contribution in [-0.4, -0.2) is 52.8 Å². The molecule has 2 aliphatic heterocycles. The number of hydrogen-bond donors (Lipinski definition) is 2. The SMILES string of the molecule is O=C(O)c1ccc(CN2C3CCC2CC(Nc2ccc(OCC(F)(F)C(F)(F)F)cc2)C3)cc1. The van der Waals surface area contributed by atoms with Gasteiger partial charge in [0.2, 0.25) is 0 Å². The summed E-state index contributed by atoms with van der Waals surface area (Å²) in [5.74, 6) is -5.91. The van der Waals surface area contributed by atoms with Crippen molar-refractivity contribution in [3.63, 3.8) is 0 Å². The van der Waals surface area contributed by atoms with Crippen LogP contribution in [-0.2, 0) is 6.54 Å². The largest absolute Gasteiger partial charge is 0.487 e. The molecule has 0 aromatic heterocycles. The molecule has 184 valence electrons. The normalized spacial score (nSPS) is 23.0. The summed E-state index contributed by atoms with van der Waals surface area (Å²) in [6.07, 6.45) is -1.66. The van der Waals surface area contributed by atoms with Crippen LogP contribution in [0.2, 0.25) is 0 Å². The molecule has 2 fully saturated rings. The molecule has 0 aliphatic carbocycles. The third-order valence-electron chi connectivity index (χ3n) is 6.51. The van der Waals surface area contributed by atoms with Gasteiger partial charge in [-0.05, 0) is 67.6 Å². The molecule has 2 saturated heterocycles. The van der Waals surface area contributed by atoms with Crippen LogP contribution in [0.5, 0.6) is 5.75 Å². The number of aromatic carboxylic acids is 1. The summed E-state index contributed by atoms with van der Waals surface area (Å²) in [6, 6.07) is 13.9. The van der Waals surface area contributed by atoms with Gasteiger partial charge in [-0.1, -0.05) is 12.1 Å². The van der Waals surface area contributed by atoms with E-state index in [-0.39, 0.29) is 17.4 Å². The Balaban J connectivity index is 1.30. The fourth-order valence-corrected chi connectivity index (χ4v) is 4.75. The molecule has 2 atom stereocenters. The Kier molecular flexibility index (Phi) is 6.71. The van der Waals surface area contributed by atoms with E-state index in [2.05, 4.69) is 15.0 Å². The highest BCUT2D eigenvalue weighted by Crippen LogP contribution is 2.38. The lowest BCUT2D eigenvalue weighted by molar-refractivity contribution is -0.290. The topological polar surface area (TPSA) is 61.8 Å². The first-order valence-corrected chi connectivity index (χ1v) is 11.0. The third-order valence-corrected chi connectivity index (χ3v) is 6.51. The molecule has 2 aromatic carbocycles. The van der Waals surface area contributed by atoms with E-state index in [0.717, 1.165) is 43.5 Å². The fourth-order valence-electron chi connectivity index (χ4n) is 4.75. The van der Waals surface area contributed by atoms with E-state index in [1.54, 1.807) is 24.3 Å². The lowest BCUT2D eigenvalue weighted by atomic mass is 9.96. The van der Waals surface area contributed by atoms with Crippen molar-refractivity contribution in [1.29, 1.82) is 0 Å². The van der Waals surface area contributed by atoms with E-state index in [0.29, 0.717) is 12.1 Å². The molecule has 2 unspecified atom stereocenters. The van der Waals surface area contributed by atoms with Crippen LogP contribution in [0, 0.1) is 0 Å². The number of rotatable bonds is 8. The van der Waals surface area contributed by atoms with Gasteiger partial charge in [0.25, 0.3) is 0 Å². The van der Waals surface area contributed by atoms with Crippen LogP contribution in [0.3, 0.4) is 0 Å². The standard InChI is InChI=1S/C24H25F5N2O3/c25-23(26,24(27,28)29)14-34-21-9-5-17(6-10-21)30-18-11-19-7-8-20(12-18)31(19)13-15-1-3-16(4-2-15)22(32)33/h1-6,9-10,18-20,30H,7-8,11-14H2,(H,32,33). The second kappa shape index (κ2) is 9.40. The van der Waals surface area contributed by atoms with Crippen LogP contribution in [0.15, 0.2) is 48.5 Å². The van der Waals surface area contributed by atoms with Gasteiger partial charge >= 0.3 is 18.1 Å². The van der Waals surface area contributed by atoms with Crippen LogP contribution in [0.1, 0.15) is 41.6 Å². The average molecular weight is 484 g/mol. The lowest BCUT2D eigenvalue weighted by Crippen LogP contribution is -2.46. The van der Waals surface area contributed by atoms with E-state index >= 15 is 0 Å². The maximum absolute atomic E-state index is 13.0. The van der Waals surface area contributed by atoms with Gasteiger partial charge in [0.15, 0.2) is 6.61 Å². The number of piperidine rings is 1. The number of nitrogens with zero attached hydrogens (tertiary/aromatic N) is 1. The molecule has 4 rings (SSSR count). The van der Waals surface area contributed by atoms with Crippen molar-refractivity contribution in [2.24, 2.45) is 0 Å². The van der Waals surface area contributed by atoms with Crippen molar-refractivity contribution in [3.8, 4) is 5.75 Å². The molecule has 10 heteroatoms. The number of hydrogen-bond acceptors (Lipinski definition) is 4. The number of carbonyl (C=O) groups is 1. The summed E-state index contributed by atoms with van der Waals surface area (Å²) < 4.78 is 67.4. The van der Waals surface area contributed by atoms with Gasteiger partial charge in [0.1, 0.15) is 5.75 Å². The minimum atomic E-state index is -5.65. The van der Waals surface area contributed by atoms with Crippen LogP contribution >= 0.6 is 0 Å². The molecule has 0 radical (unpaired) electrons. The summed E-state index contributed by atoms with van der Waals surface area (Å²) in [7, 11) is 0. The lowest BCUT2D eigenvalue weighted by Gasteiger charge is -2.39. The zero-order chi connectivity index (χ0) is 24.5. The van der Waals surface area contributed by atoms with Gasteiger partial charge in [-0.25, -0.2) is 4.79 Å². The first-order valence-electron chi connectivity index (χ1n) is 11.0. The van der Waals surface area contributed by atoms with E-state index in [9.17, 15) is 26.7 Å². The number of anilines is 1. The van der Waals surface area contributed by atoms with Gasteiger partial charge in [0.05, 0.1) is 5.56 Å². The monoisotopic (exact) mass is 484 g/mol. The zero-order valence-electron chi connectivity index (χ0n) is 18.2. The maximum Gasteiger partial charge on any atom is 0.456 e. The fraction of sp³-hybridized carbons (Fsp3) is 0.458. The summed E-state index contributed by atoms with van der Waals surface area (Å²) in [6.45, 7) is -0.999. The molecule has 2 heterocycles. The molecule has 0 amide bonds. The van der Waals surface area contributed by atoms with E-state index in [1.807, 2.05) is 12.1 Å². The Morgan fingerprint density at radius 2 is 1.56 bits per heavy atom. The number of nitrogens with one attached hydrogen (secondary N) is 1. The molecule has 5 nitrogen and oxygen atoms in total. The van der Waals surface area contributed by atoms with Crippen molar-refractivity contribution in [2.45, 2.75) is 62.5 Å². The Morgan fingerprint density at radius 3 is 2.09 bits per heavy atom. The highest BCUT2D eigenvalue weighted by Gasteiger charge is 2.58. The summed E-state index contributed by atoms with van der Waals surface area (Å²) in [5.41, 5.74) is 2.08. The summed E-state index contributed by atoms with van der Waals surface area (Å²) in [4.78, 5) is 13.5. The van der Waals surface area contributed by atoms with Crippen LogP contribution in [0.4, 0.5) is 27.6 Å². The Morgan fingerprint density at radius 1 is 0.971 bits per heavy atom. The number of benzene rings is 2. The highest BCUT2D eigenvalue weighted by molar-refractivity contribution is 5.87. The maximum atomic E-state index is 13.0. The Labute approximate surface area is 193 Å². The number of alkyl halides is 5. The number of carboxylic acids is 1. The second-order valence-electron chi connectivity index (χ2n) is 8.89. The van der Waals surface area contributed by atoms with Crippen molar-refractivity contribution in [2.75, 3.05) is 11.9 Å². The summed E-state index contributed by atoms with van der Waals surface area (Å²) in [5, 5.41) is 12.5. The molecule has 2 aromatic rings. The van der Waals surface area contributed by atoms with Crippen LogP contribution < -0.4 is 10.1 Å². The van der Waals surface area contributed by atoms with Gasteiger partial charge in [-0.3, -0.25) is 4.90 Å². The van der Waals surface area contributed by atoms with Gasteiger partial charge in [0, 0.05) is 30.4 Å². The first kappa shape index (κ1) is 24.3. The van der Waals surface area contributed by atoms with Crippen molar-refractivity contribution in [3.05, 3.63) is 59.7 Å². The summed E-state index contributed by atoms with van der Waals surface area (Å²) >= 11 is 0. The van der Waals surface area contributed by atoms with E-state index in [1.165, 1.54) is 12.1 Å². The van der Waals surface area contributed by atoms with Crippen LogP contribution in [0.25, 0.3) is 0 Å². The number of carboxylic acid groups (broad SMARTS) is 1. The minimum absolute atomic E-state index is 0.0571. The zero-order valence-corrected chi connectivity index (χ0v) is 18.2. The van der Waals surface area contributed by atoms with Crippen molar-refractivity contribution >= 4 is 11.7 Å². The first-order chi connectivity index (χ1) is 16.0. The smallest absolute Gasteiger partial charge is 0.456 e.